The SMILES string of the molecule is Cc1cc(NC(=O)NC[C@H](C)N2CCC[C@@H](C)C2)n(C)n1. The summed E-state index contributed by atoms with van der Waals surface area (Å²) in [6, 6.07) is 2.05. The molecule has 1 fully saturated rings. The molecule has 21 heavy (non-hydrogen) atoms. The molecule has 1 aromatic rings. The summed E-state index contributed by atoms with van der Waals surface area (Å²) in [5, 5.41) is 9.98. The van der Waals surface area contributed by atoms with Crippen LogP contribution >= 0.6 is 0 Å². The van der Waals surface area contributed by atoms with Gasteiger partial charge in [-0.3, -0.25) is 14.9 Å². The molecule has 0 spiro atoms. The maximum Gasteiger partial charge on any atom is 0.320 e. The molecule has 0 aromatic carbocycles. The number of urea groups is 1. The topological polar surface area (TPSA) is 62.2 Å². The second kappa shape index (κ2) is 6.93. The van der Waals surface area contributed by atoms with Crippen molar-refractivity contribution in [1.29, 1.82) is 0 Å². The third-order valence-electron chi connectivity index (χ3n) is 4.11. The minimum Gasteiger partial charge on any atom is -0.336 e. The zero-order valence-electron chi connectivity index (χ0n) is 13.5. The van der Waals surface area contributed by atoms with E-state index in [1.807, 2.05) is 20.0 Å². The Morgan fingerprint density at radius 3 is 2.95 bits per heavy atom. The van der Waals surface area contributed by atoms with Crippen molar-refractivity contribution in [3.63, 3.8) is 0 Å². The van der Waals surface area contributed by atoms with E-state index in [0.29, 0.717) is 18.4 Å². The lowest BCUT2D eigenvalue weighted by atomic mass is 9.99. The van der Waals surface area contributed by atoms with Gasteiger partial charge in [0.05, 0.1) is 5.69 Å². The fourth-order valence-electron chi connectivity index (χ4n) is 2.88. The monoisotopic (exact) mass is 293 g/mol. The third kappa shape index (κ3) is 4.46. The van der Waals surface area contributed by atoms with Crippen molar-refractivity contribution in [3.8, 4) is 0 Å². The Morgan fingerprint density at radius 2 is 2.33 bits per heavy atom. The highest BCUT2D eigenvalue weighted by atomic mass is 16.2. The number of aromatic nitrogens is 2. The van der Waals surface area contributed by atoms with Crippen LogP contribution in [0.5, 0.6) is 0 Å². The Morgan fingerprint density at radius 1 is 1.57 bits per heavy atom. The number of aryl methyl sites for hydroxylation is 2. The number of carbonyl (C=O) groups is 1. The van der Waals surface area contributed by atoms with E-state index < -0.39 is 0 Å². The number of amides is 2. The summed E-state index contributed by atoms with van der Waals surface area (Å²) in [5.41, 5.74) is 0.892. The Labute approximate surface area is 126 Å². The second-order valence-corrected chi connectivity index (χ2v) is 6.22. The largest absolute Gasteiger partial charge is 0.336 e. The van der Waals surface area contributed by atoms with Crippen molar-refractivity contribution in [1.82, 2.24) is 20.0 Å². The Kier molecular flexibility index (Phi) is 5.22. The molecule has 0 bridgehead atoms. The highest BCUT2D eigenvalue weighted by molar-refractivity contribution is 5.88. The van der Waals surface area contributed by atoms with E-state index in [1.165, 1.54) is 12.8 Å². The zero-order chi connectivity index (χ0) is 15.4. The van der Waals surface area contributed by atoms with Crippen molar-refractivity contribution in [2.24, 2.45) is 13.0 Å². The van der Waals surface area contributed by atoms with Crippen molar-refractivity contribution >= 4 is 11.8 Å². The quantitative estimate of drug-likeness (QED) is 0.892. The second-order valence-electron chi connectivity index (χ2n) is 6.22. The summed E-state index contributed by atoms with van der Waals surface area (Å²) in [6.45, 7) is 9.30. The van der Waals surface area contributed by atoms with Gasteiger partial charge in [0.15, 0.2) is 0 Å². The highest BCUT2D eigenvalue weighted by Crippen LogP contribution is 2.17. The molecule has 118 valence electrons. The Balaban J connectivity index is 1.77. The van der Waals surface area contributed by atoms with E-state index in [2.05, 4.69) is 34.5 Å². The van der Waals surface area contributed by atoms with Gasteiger partial charge in [0.2, 0.25) is 0 Å². The first-order chi connectivity index (χ1) is 9.95. The van der Waals surface area contributed by atoms with Crippen molar-refractivity contribution in [2.75, 3.05) is 25.0 Å². The molecule has 1 aliphatic heterocycles. The Hall–Kier alpha value is -1.56. The van der Waals surface area contributed by atoms with Gasteiger partial charge < -0.3 is 5.32 Å². The summed E-state index contributed by atoms with van der Waals surface area (Å²) in [5.74, 6) is 1.47. The predicted octanol–water partition coefficient (Wildman–Crippen LogP) is 1.97. The first kappa shape index (κ1) is 15.8. The van der Waals surface area contributed by atoms with E-state index in [4.69, 9.17) is 0 Å². The molecule has 1 aliphatic rings. The lowest BCUT2D eigenvalue weighted by molar-refractivity contribution is 0.138. The molecule has 6 heteroatoms. The number of hydrogen-bond acceptors (Lipinski definition) is 3. The van der Waals surface area contributed by atoms with Crippen LogP contribution in [-0.2, 0) is 7.05 Å². The molecule has 2 rings (SSSR count). The number of likely N-dealkylation sites (tertiary alicyclic amines) is 1. The van der Waals surface area contributed by atoms with Crippen LogP contribution < -0.4 is 10.6 Å². The summed E-state index contributed by atoms with van der Waals surface area (Å²) < 4.78 is 1.67. The van der Waals surface area contributed by atoms with Gasteiger partial charge in [-0.2, -0.15) is 5.10 Å². The van der Waals surface area contributed by atoms with Gasteiger partial charge >= 0.3 is 6.03 Å². The van der Waals surface area contributed by atoms with Crippen molar-refractivity contribution in [3.05, 3.63) is 11.8 Å². The Bertz CT molecular complexity index is 484. The molecular weight excluding hydrogens is 266 g/mol. The molecule has 0 radical (unpaired) electrons. The maximum atomic E-state index is 11.9. The van der Waals surface area contributed by atoms with Gasteiger partial charge in [-0.25, -0.2) is 4.79 Å². The van der Waals surface area contributed by atoms with Gasteiger partial charge in [-0.05, 0) is 39.2 Å². The van der Waals surface area contributed by atoms with Crippen LogP contribution in [0.1, 0.15) is 32.4 Å². The van der Waals surface area contributed by atoms with E-state index in [1.54, 1.807) is 4.68 Å². The van der Waals surface area contributed by atoms with Crippen LogP contribution in [0.2, 0.25) is 0 Å². The fraction of sp³-hybridized carbons (Fsp3) is 0.733. The molecule has 0 unspecified atom stereocenters. The lowest BCUT2D eigenvalue weighted by Crippen LogP contribution is -2.47. The summed E-state index contributed by atoms with van der Waals surface area (Å²) in [4.78, 5) is 14.4. The molecule has 0 saturated carbocycles. The van der Waals surface area contributed by atoms with Crippen molar-refractivity contribution < 1.29 is 4.79 Å². The average Bonchev–Trinajstić information content (AvgIpc) is 2.74. The van der Waals surface area contributed by atoms with E-state index in [0.717, 1.165) is 24.7 Å². The smallest absolute Gasteiger partial charge is 0.320 e. The number of nitrogens with zero attached hydrogens (tertiary/aromatic N) is 3. The summed E-state index contributed by atoms with van der Waals surface area (Å²) >= 11 is 0. The van der Waals surface area contributed by atoms with Crippen LogP contribution in [0.25, 0.3) is 0 Å². The molecule has 2 heterocycles. The minimum absolute atomic E-state index is 0.171. The molecule has 2 amide bonds. The standard InChI is InChI=1S/C15H27N5O/c1-11-6-5-7-20(10-11)13(3)9-16-15(21)17-14-8-12(2)18-19(14)4/h8,11,13H,5-7,9-10H2,1-4H3,(H2,16,17,21)/t11-,13+/m1/s1. The van der Waals surface area contributed by atoms with Crippen LogP contribution in [0.15, 0.2) is 6.07 Å². The number of nitrogens with one attached hydrogen (secondary N) is 2. The first-order valence-electron chi connectivity index (χ1n) is 7.75. The average molecular weight is 293 g/mol. The number of anilines is 1. The highest BCUT2D eigenvalue weighted by Gasteiger charge is 2.21. The van der Waals surface area contributed by atoms with Crippen LogP contribution in [0.3, 0.4) is 0 Å². The van der Waals surface area contributed by atoms with Gasteiger partial charge in [-0.15, -0.1) is 0 Å². The van der Waals surface area contributed by atoms with Crippen molar-refractivity contribution in [2.45, 2.75) is 39.7 Å². The number of rotatable bonds is 4. The normalized spacial score (nSPS) is 21.0. The van der Waals surface area contributed by atoms with Gasteiger partial charge in [0.25, 0.3) is 0 Å². The van der Waals surface area contributed by atoms with Crippen LogP contribution in [-0.4, -0.2) is 46.4 Å². The predicted molar refractivity (Wildman–Crippen MR) is 84.4 cm³/mol. The number of carbonyl (C=O) groups excluding carboxylic acids is 1. The molecular formula is C15H27N5O. The lowest BCUT2D eigenvalue weighted by Gasteiger charge is -2.35. The molecule has 1 saturated heterocycles. The van der Waals surface area contributed by atoms with E-state index in [-0.39, 0.29) is 6.03 Å². The van der Waals surface area contributed by atoms with Gasteiger partial charge in [-0.1, -0.05) is 6.92 Å². The van der Waals surface area contributed by atoms with Crippen LogP contribution in [0, 0.1) is 12.8 Å². The minimum atomic E-state index is -0.171. The number of piperidine rings is 1. The van der Waals surface area contributed by atoms with E-state index >= 15 is 0 Å². The molecule has 6 nitrogen and oxygen atoms in total. The first-order valence-corrected chi connectivity index (χ1v) is 7.75. The molecule has 1 aromatic heterocycles. The van der Waals surface area contributed by atoms with Crippen LogP contribution in [0.4, 0.5) is 10.6 Å². The molecule has 2 atom stereocenters. The summed E-state index contributed by atoms with van der Waals surface area (Å²) in [7, 11) is 1.82. The van der Waals surface area contributed by atoms with E-state index in [9.17, 15) is 4.79 Å². The summed E-state index contributed by atoms with van der Waals surface area (Å²) in [6.07, 6.45) is 2.57. The maximum absolute atomic E-state index is 11.9. The van der Waals surface area contributed by atoms with Gasteiger partial charge in [0, 0.05) is 32.2 Å². The fourth-order valence-corrected chi connectivity index (χ4v) is 2.88. The third-order valence-corrected chi connectivity index (χ3v) is 4.11. The molecule has 0 aliphatic carbocycles. The van der Waals surface area contributed by atoms with Gasteiger partial charge in [0.1, 0.15) is 5.82 Å². The molecule has 2 N–H and O–H groups in total. The number of hydrogen-bond donors (Lipinski definition) is 2. The zero-order valence-corrected chi connectivity index (χ0v) is 13.5.